The van der Waals surface area contributed by atoms with Crippen LogP contribution in [0.2, 0.25) is 0 Å². The number of morpholine rings is 1. The largest absolute Gasteiger partial charge is 0.496 e. The van der Waals surface area contributed by atoms with Gasteiger partial charge in [-0.3, -0.25) is 4.79 Å². The van der Waals surface area contributed by atoms with Crippen molar-refractivity contribution in [1.82, 2.24) is 0 Å². The number of nitrogens with zero attached hydrogens (tertiary/aromatic N) is 1. The van der Waals surface area contributed by atoms with Crippen LogP contribution in [0.3, 0.4) is 0 Å². The number of carbonyl (C=O) groups excluding carboxylic acids is 1. The average molecular weight is 402 g/mol. The van der Waals surface area contributed by atoms with E-state index < -0.39 is 0 Å². The molecule has 1 heterocycles. The molecule has 3 rings (SSSR count). The van der Waals surface area contributed by atoms with E-state index in [9.17, 15) is 9.18 Å². The van der Waals surface area contributed by atoms with Gasteiger partial charge in [-0.1, -0.05) is 0 Å². The van der Waals surface area contributed by atoms with Gasteiger partial charge in [0.05, 0.1) is 32.1 Å². The van der Waals surface area contributed by atoms with Crippen LogP contribution in [0.25, 0.3) is 0 Å². The molecule has 0 radical (unpaired) electrons. The highest BCUT2D eigenvalue weighted by Gasteiger charge is 2.24. The molecule has 1 aliphatic heterocycles. The molecule has 1 fully saturated rings. The SMILES string of the molecule is COc1cc(C(=O)Nc2ccc(N3CC(C)OC(C)C3)c(F)c2)cc(OC)c1C. The van der Waals surface area contributed by atoms with Gasteiger partial charge in [0.15, 0.2) is 0 Å². The van der Waals surface area contributed by atoms with Crippen molar-refractivity contribution in [1.29, 1.82) is 0 Å². The van der Waals surface area contributed by atoms with E-state index in [4.69, 9.17) is 14.2 Å². The second-order valence-corrected chi connectivity index (χ2v) is 7.29. The molecule has 2 aromatic carbocycles. The maximum atomic E-state index is 14.8. The van der Waals surface area contributed by atoms with Gasteiger partial charge < -0.3 is 24.4 Å². The van der Waals surface area contributed by atoms with Gasteiger partial charge in [0.1, 0.15) is 17.3 Å². The van der Waals surface area contributed by atoms with Gasteiger partial charge in [0, 0.05) is 29.9 Å². The minimum atomic E-state index is -0.386. The van der Waals surface area contributed by atoms with Crippen LogP contribution >= 0.6 is 0 Å². The quantitative estimate of drug-likeness (QED) is 0.819. The summed E-state index contributed by atoms with van der Waals surface area (Å²) in [6.45, 7) is 7.03. The molecule has 1 saturated heterocycles. The zero-order valence-electron chi connectivity index (χ0n) is 17.4. The summed E-state index contributed by atoms with van der Waals surface area (Å²) in [6.07, 6.45) is 0.0630. The molecular weight excluding hydrogens is 375 g/mol. The normalized spacial score (nSPS) is 19.0. The van der Waals surface area contributed by atoms with Crippen LogP contribution in [-0.4, -0.2) is 45.4 Å². The molecule has 0 saturated carbocycles. The molecule has 2 unspecified atom stereocenters. The van der Waals surface area contributed by atoms with Crippen molar-refractivity contribution in [2.75, 3.05) is 37.5 Å². The first-order valence-corrected chi connectivity index (χ1v) is 9.56. The first-order valence-electron chi connectivity index (χ1n) is 9.56. The minimum absolute atomic E-state index is 0.0315. The number of halogens is 1. The highest BCUT2D eigenvalue weighted by Crippen LogP contribution is 2.30. The number of carbonyl (C=O) groups is 1. The molecule has 0 aliphatic carbocycles. The monoisotopic (exact) mass is 402 g/mol. The van der Waals surface area contributed by atoms with Crippen LogP contribution in [0, 0.1) is 12.7 Å². The zero-order chi connectivity index (χ0) is 21.1. The lowest BCUT2D eigenvalue weighted by atomic mass is 10.1. The fourth-order valence-corrected chi connectivity index (χ4v) is 3.64. The maximum Gasteiger partial charge on any atom is 0.255 e. The highest BCUT2D eigenvalue weighted by atomic mass is 19.1. The first-order chi connectivity index (χ1) is 13.8. The fourth-order valence-electron chi connectivity index (χ4n) is 3.64. The summed E-state index contributed by atoms with van der Waals surface area (Å²) < 4.78 is 31.1. The Kier molecular flexibility index (Phi) is 6.27. The van der Waals surface area contributed by atoms with Gasteiger partial charge in [0.25, 0.3) is 5.91 Å². The summed E-state index contributed by atoms with van der Waals surface area (Å²) in [7, 11) is 3.07. The summed E-state index contributed by atoms with van der Waals surface area (Å²) in [5.74, 6) is 0.337. The summed E-state index contributed by atoms with van der Waals surface area (Å²) in [4.78, 5) is 14.6. The second-order valence-electron chi connectivity index (χ2n) is 7.29. The zero-order valence-corrected chi connectivity index (χ0v) is 17.4. The molecule has 0 aromatic heterocycles. The maximum absolute atomic E-state index is 14.8. The van der Waals surface area contributed by atoms with Gasteiger partial charge in [-0.25, -0.2) is 4.39 Å². The van der Waals surface area contributed by atoms with E-state index in [-0.39, 0.29) is 23.9 Å². The van der Waals surface area contributed by atoms with E-state index in [2.05, 4.69) is 5.32 Å². The van der Waals surface area contributed by atoms with E-state index in [1.54, 1.807) is 24.3 Å². The predicted octanol–water partition coefficient (Wildman–Crippen LogP) is 4.02. The summed E-state index contributed by atoms with van der Waals surface area (Å²) in [5.41, 5.74) is 2.05. The van der Waals surface area contributed by atoms with Crippen LogP contribution in [0.5, 0.6) is 11.5 Å². The van der Waals surface area contributed by atoms with E-state index in [0.717, 1.165) is 5.56 Å². The number of methoxy groups -OCH3 is 2. The van der Waals surface area contributed by atoms with Gasteiger partial charge in [-0.15, -0.1) is 0 Å². The molecule has 7 heteroatoms. The summed E-state index contributed by atoms with van der Waals surface area (Å²) in [5, 5.41) is 2.74. The standard InChI is InChI=1S/C22H27FN2O4/c1-13-11-25(12-14(2)29-13)19-7-6-17(10-18(19)23)24-22(26)16-8-20(27-4)15(3)21(9-16)28-5/h6-10,13-14H,11-12H2,1-5H3,(H,24,26). The van der Waals surface area contributed by atoms with Crippen LogP contribution in [0.15, 0.2) is 30.3 Å². The lowest BCUT2D eigenvalue weighted by Gasteiger charge is -2.37. The molecule has 6 nitrogen and oxygen atoms in total. The Bertz CT molecular complexity index is 867. The van der Waals surface area contributed by atoms with Crippen molar-refractivity contribution < 1.29 is 23.4 Å². The van der Waals surface area contributed by atoms with E-state index in [1.165, 1.54) is 20.3 Å². The number of anilines is 2. The summed E-state index contributed by atoms with van der Waals surface area (Å²) in [6, 6.07) is 7.99. The number of hydrogen-bond acceptors (Lipinski definition) is 5. The van der Waals surface area contributed by atoms with Crippen molar-refractivity contribution in [3.05, 3.63) is 47.3 Å². The van der Waals surface area contributed by atoms with Crippen molar-refractivity contribution in [2.45, 2.75) is 33.0 Å². The number of nitrogens with one attached hydrogen (secondary N) is 1. The van der Waals surface area contributed by atoms with Gasteiger partial charge in [-0.2, -0.15) is 0 Å². The van der Waals surface area contributed by atoms with Crippen LogP contribution in [0.1, 0.15) is 29.8 Å². The first kappa shape index (κ1) is 20.9. The number of hydrogen-bond donors (Lipinski definition) is 1. The second kappa shape index (κ2) is 8.69. The molecule has 1 amide bonds. The number of ether oxygens (including phenoxy) is 3. The third kappa shape index (κ3) is 4.62. The van der Waals surface area contributed by atoms with Crippen molar-refractivity contribution in [3.63, 3.8) is 0 Å². The average Bonchev–Trinajstić information content (AvgIpc) is 2.67. The highest BCUT2D eigenvalue weighted by molar-refractivity contribution is 6.05. The lowest BCUT2D eigenvalue weighted by molar-refractivity contribution is -0.00539. The van der Waals surface area contributed by atoms with E-state index >= 15 is 0 Å². The van der Waals surface area contributed by atoms with Crippen molar-refractivity contribution >= 4 is 17.3 Å². The number of benzene rings is 2. The Morgan fingerprint density at radius 1 is 1.10 bits per heavy atom. The van der Waals surface area contributed by atoms with Gasteiger partial charge in [-0.05, 0) is 51.1 Å². The molecular formula is C22H27FN2O4. The Labute approximate surface area is 170 Å². The van der Waals surface area contributed by atoms with Crippen molar-refractivity contribution in [3.8, 4) is 11.5 Å². The predicted molar refractivity (Wildman–Crippen MR) is 111 cm³/mol. The Morgan fingerprint density at radius 3 is 2.21 bits per heavy atom. The minimum Gasteiger partial charge on any atom is -0.496 e. The van der Waals surface area contributed by atoms with Crippen LogP contribution in [-0.2, 0) is 4.74 Å². The van der Waals surface area contributed by atoms with Crippen LogP contribution < -0.4 is 19.7 Å². The van der Waals surface area contributed by atoms with E-state index in [0.29, 0.717) is 41.5 Å². The van der Waals surface area contributed by atoms with Crippen molar-refractivity contribution in [2.24, 2.45) is 0 Å². The Morgan fingerprint density at radius 2 is 1.69 bits per heavy atom. The Balaban J connectivity index is 1.79. The van der Waals surface area contributed by atoms with Gasteiger partial charge in [0.2, 0.25) is 0 Å². The molecule has 1 aliphatic rings. The Hall–Kier alpha value is -2.80. The molecule has 0 bridgehead atoms. The van der Waals surface area contributed by atoms with E-state index in [1.807, 2.05) is 25.7 Å². The third-order valence-electron chi connectivity index (χ3n) is 4.98. The molecule has 29 heavy (non-hydrogen) atoms. The molecule has 156 valence electrons. The molecule has 1 N–H and O–H groups in total. The molecule has 2 atom stereocenters. The number of rotatable bonds is 5. The van der Waals surface area contributed by atoms with Crippen LogP contribution in [0.4, 0.5) is 15.8 Å². The topological polar surface area (TPSA) is 60.0 Å². The summed E-state index contributed by atoms with van der Waals surface area (Å²) >= 11 is 0. The number of amides is 1. The molecule has 0 spiro atoms. The van der Waals surface area contributed by atoms with Gasteiger partial charge >= 0.3 is 0 Å². The smallest absolute Gasteiger partial charge is 0.255 e. The fraction of sp³-hybridized carbons (Fsp3) is 0.409. The molecule has 2 aromatic rings. The third-order valence-corrected chi connectivity index (χ3v) is 4.98. The lowest BCUT2D eigenvalue weighted by Crippen LogP contribution is -2.45.